The molecule has 0 aliphatic heterocycles. The van der Waals surface area contributed by atoms with E-state index in [1.807, 2.05) is 37.2 Å². The minimum atomic E-state index is -0.306. The highest BCUT2D eigenvalue weighted by molar-refractivity contribution is 5.72. The van der Waals surface area contributed by atoms with Crippen LogP contribution in [0.3, 0.4) is 0 Å². The summed E-state index contributed by atoms with van der Waals surface area (Å²) in [5, 5.41) is 0. The zero-order valence-electron chi connectivity index (χ0n) is 8.23. The predicted molar refractivity (Wildman–Crippen MR) is 54.2 cm³/mol. The second-order valence-electron chi connectivity index (χ2n) is 3.48. The molecule has 74 valence electrons. The maximum Gasteiger partial charge on any atom is 0.421 e. The van der Waals surface area contributed by atoms with Crippen molar-refractivity contribution < 1.29 is 4.42 Å². The molecule has 0 saturated carbocycles. The Hall–Kier alpha value is -1.55. The highest BCUT2D eigenvalue weighted by atomic mass is 16.4. The van der Waals surface area contributed by atoms with Gasteiger partial charge in [0.05, 0.1) is 12.2 Å². The molecule has 0 atom stereocenters. The topological polar surface area (TPSA) is 38.4 Å². The fraction of sp³-hybridized carbons (Fsp3) is 0.300. The van der Waals surface area contributed by atoms with E-state index in [0.29, 0.717) is 12.3 Å². The third kappa shape index (κ3) is 1.44. The summed E-state index contributed by atoms with van der Waals surface area (Å²) in [5.41, 5.74) is 1.48. The Balaban J connectivity index is 2.62. The molecule has 0 aliphatic carbocycles. The highest BCUT2D eigenvalue weighted by Crippen LogP contribution is 2.11. The second-order valence-corrected chi connectivity index (χ2v) is 3.48. The lowest BCUT2D eigenvalue weighted by molar-refractivity contribution is 0.314. The standard InChI is InChI=1S/C10H12N2O2/c1-11(2)7-12-8-5-3-4-6-9(8)14-10(12)13/h3-6H,7H2,1-2H3. The fourth-order valence-corrected chi connectivity index (χ4v) is 1.43. The van der Waals surface area contributed by atoms with E-state index in [9.17, 15) is 4.79 Å². The van der Waals surface area contributed by atoms with E-state index in [1.54, 1.807) is 10.6 Å². The number of para-hydroxylation sites is 2. The zero-order chi connectivity index (χ0) is 10.1. The van der Waals surface area contributed by atoms with Crippen molar-refractivity contribution in [2.24, 2.45) is 0 Å². The van der Waals surface area contributed by atoms with E-state index < -0.39 is 0 Å². The Kier molecular flexibility index (Phi) is 2.13. The Bertz CT molecular complexity index is 496. The summed E-state index contributed by atoms with van der Waals surface area (Å²) in [6, 6.07) is 7.42. The Morgan fingerprint density at radius 2 is 2.07 bits per heavy atom. The second kappa shape index (κ2) is 3.31. The summed E-state index contributed by atoms with van der Waals surface area (Å²) in [4.78, 5) is 13.4. The quantitative estimate of drug-likeness (QED) is 0.715. The molecular weight excluding hydrogens is 180 g/mol. The molecule has 0 radical (unpaired) electrons. The first-order valence-electron chi connectivity index (χ1n) is 4.41. The molecule has 1 heterocycles. The van der Waals surface area contributed by atoms with Gasteiger partial charge < -0.3 is 4.42 Å². The van der Waals surface area contributed by atoms with Gasteiger partial charge in [-0.25, -0.2) is 4.79 Å². The van der Waals surface area contributed by atoms with E-state index >= 15 is 0 Å². The van der Waals surface area contributed by atoms with Gasteiger partial charge in [-0.2, -0.15) is 0 Å². The van der Waals surface area contributed by atoms with Gasteiger partial charge in [0.2, 0.25) is 0 Å². The van der Waals surface area contributed by atoms with E-state index in [0.717, 1.165) is 5.52 Å². The molecule has 0 N–H and O–H groups in total. The molecule has 2 rings (SSSR count). The summed E-state index contributed by atoms with van der Waals surface area (Å²) < 4.78 is 6.69. The van der Waals surface area contributed by atoms with Crippen molar-refractivity contribution in [3.8, 4) is 0 Å². The van der Waals surface area contributed by atoms with Gasteiger partial charge in [-0.15, -0.1) is 0 Å². The lowest BCUT2D eigenvalue weighted by Crippen LogP contribution is -2.24. The molecule has 2 aromatic rings. The number of nitrogens with zero attached hydrogens (tertiary/aromatic N) is 2. The molecule has 0 spiro atoms. The lowest BCUT2D eigenvalue weighted by atomic mass is 10.3. The zero-order valence-corrected chi connectivity index (χ0v) is 8.23. The van der Waals surface area contributed by atoms with Crippen LogP contribution in [0, 0.1) is 0 Å². The van der Waals surface area contributed by atoms with Crippen molar-refractivity contribution in [2.45, 2.75) is 6.67 Å². The van der Waals surface area contributed by atoms with Gasteiger partial charge in [-0.3, -0.25) is 9.47 Å². The van der Waals surface area contributed by atoms with Gasteiger partial charge in [0.1, 0.15) is 0 Å². The first kappa shape index (κ1) is 9.02. The SMILES string of the molecule is CN(C)Cn1c(=O)oc2ccccc21. The number of aromatic nitrogens is 1. The number of oxazole rings is 1. The summed E-state index contributed by atoms with van der Waals surface area (Å²) in [5.74, 6) is -0.306. The molecule has 0 bridgehead atoms. The van der Waals surface area contributed by atoms with Gasteiger partial charge in [0.25, 0.3) is 0 Å². The third-order valence-corrected chi connectivity index (χ3v) is 2.00. The minimum Gasteiger partial charge on any atom is -0.408 e. The Morgan fingerprint density at radius 3 is 2.79 bits per heavy atom. The molecule has 1 aromatic carbocycles. The molecule has 4 heteroatoms. The van der Waals surface area contributed by atoms with E-state index in [2.05, 4.69) is 0 Å². The highest BCUT2D eigenvalue weighted by Gasteiger charge is 2.07. The van der Waals surface area contributed by atoms with Crippen molar-refractivity contribution in [1.82, 2.24) is 9.47 Å². The molecule has 0 fully saturated rings. The van der Waals surface area contributed by atoms with Gasteiger partial charge >= 0.3 is 5.76 Å². The van der Waals surface area contributed by atoms with Crippen LogP contribution in [0.15, 0.2) is 33.5 Å². The summed E-state index contributed by atoms with van der Waals surface area (Å²) >= 11 is 0. The van der Waals surface area contributed by atoms with Gasteiger partial charge in [-0.1, -0.05) is 12.1 Å². The monoisotopic (exact) mass is 192 g/mol. The number of hydrogen-bond donors (Lipinski definition) is 0. The van der Waals surface area contributed by atoms with Crippen LogP contribution in [0.5, 0.6) is 0 Å². The van der Waals surface area contributed by atoms with Crippen LogP contribution in [0.2, 0.25) is 0 Å². The summed E-state index contributed by atoms with van der Waals surface area (Å²) in [6.07, 6.45) is 0. The van der Waals surface area contributed by atoms with Crippen LogP contribution in [-0.2, 0) is 6.67 Å². The first-order valence-corrected chi connectivity index (χ1v) is 4.41. The van der Waals surface area contributed by atoms with Gasteiger partial charge in [0, 0.05) is 0 Å². The summed E-state index contributed by atoms with van der Waals surface area (Å²) in [7, 11) is 3.82. The first-order chi connectivity index (χ1) is 6.68. The van der Waals surface area contributed by atoms with E-state index in [-0.39, 0.29) is 5.76 Å². The van der Waals surface area contributed by atoms with Crippen LogP contribution in [-0.4, -0.2) is 23.6 Å². The van der Waals surface area contributed by atoms with E-state index in [1.165, 1.54) is 0 Å². The lowest BCUT2D eigenvalue weighted by Gasteiger charge is -2.09. The number of rotatable bonds is 2. The number of fused-ring (bicyclic) bond motifs is 1. The largest absolute Gasteiger partial charge is 0.421 e. The molecule has 14 heavy (non-hydrogen) atoms. The predicted octanol–water partition coefficient (Wildman–Crippen LogP) is 1.11. The van der Waals surface area contributed by atoms with Crippen LogP contribution in [0.25, 0.3) is 11.1 Å². The van der Waals surface area contributed by atoms with Crippen molar-refractivity contribution in [3.63, 3.8) is 0 Å². The van der Waals surface area contributed by atoms with Gasteiger partial charge in [-0.05, 0) is 26.2 Å². The smallest absolute Gasteiger partial charge is 0.408 e. The van der Waals surface area contributed by atoms with Crippen LogP contribution in [0.1, 0.15) is 0 Å². The molecule has 1 aromatic heterocycles. The molecule has 0 unspecified atom stereocenters. The average molecular weight is 192 g/mol. The van der Waals surface area contributed by atoms with Gasteiger partial charge in [0.15, 0.2) is 5.58 Å². The summed E-state index contributed by atoms with van der Waals surface area (Å²) in [6.45, 7) is 0.538. The normalized spacial score (nSPS) is 11.4. The van der Waals surface area contributed by atoms with Crippen LogP contribution < -0.4 is 5.76 Å². The van der Waals surface area contributed by atoms with Crippen LogP contribution in [0.4, 0.5) is 0 Å². The van der Waals surface area contributed by atoms with Crippen molar-refractivity contribution in [1.29, 1.82) is 0 Å². The molecule has 0 saturated heterocycles. The third-order valence-electron chi connectivity index (χ3n) is 2.00. The van der Waals surface area contributed by atoms with Crippen molar-refractivity contribution in [2.75, 3.05) is 14.1 Å². The average Bonchev–Trinajstić information content (AvgIpc) is 2.43. The fourth-order valence-electron chi connectivity index (χ4n) is 1.43. The maximum atomic E-state index is 11.4. The number of hydrogen-bond acceptors (Lipinski definition) is 3. The molecule has 0 aliphatic rings. The molecular formula is C10H12N2O2. The van der Waals surface area contributed by atoms with Crippen molar-refractivity contribution >= 4 is 11.1 Å². The van der Waals surface area contributed by atoms with Crippen LogP contribution >= 0.6 is 0 Å². The van der Waals surface area contributed by atoms with Crippen molar-refractivity contribution in [3.05, 3.63) is 34.8 Å². The maximum absolute atomic E-state index is 11.4. The minimum absolute atomic E-state index is 0.306. The Labute approximate surface area is 81.4 Å². The Morgan fingerprint density at radius 1 is 1.36 bits per heavy atom. The van der Waals surface area contributed by atoms with E-state index in [4.69, 9.17) is 4.42 Å². The molecule has 0 amide bonds. The molecule has 4 nitrogen and oxygen atoms in total. The number of benzene rings is 1.